The molecule has 0 radical (unpaired) electrons. The van der Waals surface area contributed by atoms with Crippen molar-refractivity contribution in [2.75, 3.05) is 19.3 Å². The summed E-state index contributed by atoms with van der Waals surface area (Å²) < 4.78 is 25.2. The number of benzene rings is 1. The molecule has 0 bridgehead atoms. The lowest BCUT2D eigenvalue weighted by atomic mass is 10.1. The minimum Gasteiger partial charge on any atom is -0.355 e. The highest BCUT2D eigenvalue weighted by molar-refractivity contribution is 7.88. The molecule has 1 aromatic carbocycles. The zero-order valence-electron chi connectivity index (χ0n) is 13.7. The van der Waals surface area contributed by atoms with E-state index in [4.69, 9.17) is 0 Å². The highest BCUT2D eigenvalue weighted by Crippen LogP contribution is 2.24. The number of hydrogen-bond acceptors (Lipinski definition) is 3. The van der Waals surface area contributed by atoms with Gasteiger partial charge in [0.25, 0.3) is 0 Å². The van der Waals surface area contributed by atoms with Crippen LogP contribution in [0.5, 0.6) is 0 Å². The highest BCUT2D eigenvalue weighted by atomic mass is 32.2. The van der Waals surface area contributed by atoms with E-state index in [1.165, 1.54) is 16.1 Å². The van der Waals surface area contributed by atoms with Crippen LogP contribution in [0.15, 0.2) is 30.3 Å². The minimum atomic E-state index is -3.34. The number of carbonyl (C=O) groups is 1. The number of carbonyl (C=O) groups excluding carboxylic acids is 1. The van der Waals surface area contributed by atoms with Crippen molar-refractivity contribution in [2.24, 2.45) is 0 Å². The van der Waals surface area contributed by atoms with Gasteiger partial charge in [-0.2, -0.15) is 4.31 Å². The molecule has 128 valence electrons. The van der Waals surface area contributed by atoms with Gasteiger partial charge in [-0.3, -0.25) is 4.79 Å². The molecular formula is C17H26N2O3S. The average molecular weight is 338 g/mol. The molecule has 1 fully saturated rings. The molecule has 0 aliphatic heterocycles. The number of aryl methyl sites for hydroxylation is 1. The van der Waals surface area contributed by atoms with Crippen LogP contribution in [0.1, 0.15) is 37.7 Å². The lowest BCUT2D eigenvalue weighted by Crippen LogP contribution is -2.45. The molecule has 1 aliphatic rings. The van der Waals surface area contributed by atoms with Crippen LogP contribution < -0.4 is 5.32 Å². The standard InChI is InChI=1S/C17H26N2O3S/c1-23(21,22)19(16-11-5-6-12-16)14-17(20)18-13-7-10-15-8-3-2-4-9-15/h2-4,8-9,16H,5-7,10-14H2,1H3,(H,18,20). The lowest BCUT2D eigenvalue weighted by Gasteiger charge is -2.25. The molecule has 0 atom stereocenters. The van der Waals surface area contributed by atoms with E-state index in [1.54, 1.807) is 0 Å². The molecule has 1 amide bonds. The molecule has 1 aromatic rings. The van der Waals surface area contributed by atoms with Gasteiger partial charge in [0.05, 0.1) is 12.8 Å². The van der Waals surface area contributed by atoms with Gasteiger partial charge in [0.2, 0.25) is 15.9 Å². The minimum absolute atomic E-state index is 0.0138. The van der Waals surface area contributed by atoms with E-state index in [0.29, 0.717) is 6.54 Å². The Balaban J connectivity index is 1.76. The summed E-state index contributed by atoms with van der Waals surface area (Å²) in [6.07, 6.45) is 6.72. The van der Waals surface area contributed by atoms with Crippen molar-refractivity contribution in [1.82, 2.24) is 9.62 Å². The maximum Gasteiger partial charge on any atom is 0.235 e. The third-order valence-corrected chi connectivity index (χ3v) is 5.54. The van der Waals surface area contributed by atoms with Gasteiger partial charge in [-0.1, -0.05) is 43.2 Å². The first-order chi connectivity index (χ1) is 11.0. The Hall–Kier alpha value is -1.40. The average Bonchev–Trinajstić information content (AvgIpc) is 3.03. The smallest absolute Gasteiger partial charge is 0.235 e. The van der Waals surface area contributed by atoms with E-state index in [0.717, 1.165) is 38.5 Å². The fraction of sp³-hybridized carbons (Fsp3) is 0.588. The van der Waals surface area contributed by atoms with E-state index in [2.05, 4.69) is 17.4 Å². The Bertz CT molecular complexity index is 596. The number of nitrogens with zero attached hydrogens (tertiary/aromatic N) is 1. The van der Waals surface area contributed by atoms with Crippen molar-refractivity contribution in [3.63, 3.8) is 0 Å². The monoisotopic (exact) mass is 338 g/mol. The molecule has 0 heterocycles. The lowest BCUT2D eigenvalue weighted by molar-refractivity contribution is -0.121. The predicted molar refractivity (Wildman–Crippen MR) is 91.6 cm³/mol. The number of hydrogen-bond donors (Lipinski definition) is 1. The summed E-state index contributed by atoms with van der Waals surface area (Å²) in [6.45, 7) is 0.505. The largest absolute Gasteiger partial charge is 0.355 e. The summed E-state index contributed by atoms with van der Waals surface area (Å²) in [5.74, 6) is -0.213. The van der Waals surface area contributed by atoms with Crippen LogP contribution in [-0.2, 0) is 21.2 Å². The molecule has 0 saturated heterocycles. The molecule has 1 N–H and O–H groups in total. The Kier molecular flexibility index (Phi) is 6.59. The van der Waals surface area contributed by atoms with E-state index in [9.17, 15) is 13.2 Å². The van der Waals surface area contributed by atoms with Crippen LogP contribution in [0.2, 0.25) is 0 Å². The van der Waals surface area contributed by atoms with Crippen molar-refractivity contribution in [1.29, 1.82) is 0 Å². The summed E-state index contributed by atoms with van der Waals surface area (Å²) in [5.41, 5.74) is 1.24. The molecule has 0 unspecified atom stereocenters. The number of nitrogens with one attached hydrogen (secondary N) is 1. The third kappa shape index (κ3) is 5.95. The zero-order valence-corrected chi connectivity index (χ0v) is 14.5. The van der Waals surface area contributed by atoms with Crippen LogP contribution in [0, 0.1) is 0 Å². The fourth-order valence-corrected chi connectivity index (χ4v) is 4.18. The Morgan fingerprint density at radius 1 is 1.22 bits per heavy atom. The van der Waals surface area contributed by atoms with Gasteiger partial charge in [-0.15, -0.1) is 0 Å². The SMILES string of the molecule is CS(=O)(=O)N(CC(=O)NCCCc1ccccc1)C1CCCC1. The van der Waals surface area contributed by atoms with Gasteiger partial charge in [-0.05, 0) is 31.2 Å². The normalized spacial score (nSPS) is 15.9. The van der Waals surface area contributed by atoms with Gasteiger partial charge in [0, 0.05) is 12.6 Å². The first-order valence-electron chi connectivity index (χ1n) is 8.24. The Morgan fingerprint density at radius 3 is 2.48 bits per heavy atom. The highest BCUT2D eigenvalue weighted by Gasteiger charge is 2.30. The van der Waals surface area contributed by atoms with Crippen molar-refractivity contribution >= 4 is 15.9 Å². The first kappa shape index (κ1) is 17.9. The van der Waals surface area contributed by atoms with Crippen LogP contribution >= 0.6 is 0 Å². The van der Waals surface area contributed by atoms with Gasteiger partial charge in [0.15, 0.2) is 0 Å². The topological polar surface area (TPSA) is 66.5 Å². The molecule has 2 rings (SSSR count). The predicted octanol–water partition coefficient (Wildman–Crippen LogP) is 1.94. The summed E-state index contributed by atoms with van der Waals surface area (Å²) in [6, 6.07) is 10.1. The second kappa shape index (κ2) is 8.45. The number of sulfonamides is 1. The van der Waals surface area contributed by atoms with Crippen molar-refractivity contribution in [2.45, 2.75) is 44.6 Å². The Labute approximate surface area is 139 Å². The quantitative estimate of drug-likeness (QED) is 0.737. The van der Waals surface area contributed by atoms with Crippen LogP contribution in [0.25, 0.3) is 0 Å². The molecular weight excluding hydrogens is 312 g/mol. The summed E-state index contributed by atoms with van der Waals surface area (Å²) in [5, 5.41) is 2.83. The molecule has 1 aliphatic carbocycles. The third-order valence-electron chi connectivity index (χ3n) is 4.26. The fourth-order valence-electron chi connectivity index (χ4n) is 3.07. The van der Waals surface area contributed by atoms with Gasteiger partial charge < -0.3 is 5.32 Å². The molecule has 6 heteroatoms. The Morgan fingerprint density at radius 2 is 1.87 bits per heavy atom. The summed E-state index contributed by atoms with van der Waals surface area (Å²) in [4.78, 5) is 12.1. The maximum atomic E-state index is 12.1. The maximum absolute atomic E-state index is 12.1. The second-order valence-corrected chi connectivity index (χ2v) is 8.12. The summed E-state index contributed by atoms with van der Waals surface area (Å²) >= 11 is 0. The second-order valence-electron chi connectivity index (χ2n) is 6.19. The van der Waals surface area contributed by atoms with E-state index in [1.807, 2.05) is 18.2 Å². The van der Waals surface area contributed by atoms with Gasteiger partial charge in [0.1, 0.15) is 0 Å². The van der Waals surface area contributed by atoms with E-state index < -0.39 is 10.0 Å². The van der Waals surface area contributed by atoms with Crippen molar-refractivity contribution < 1.29 is 13.2 Å². The van der Waals surface area contributed by atoms with Crippen LogP contribution in [0.4, 0.5) is 0 Å². The molecule has 5 nitrogen and oxygen atoms in total. The van der Waals surface area contributed by atoms with Gasteiger partial charge in [-0.25, -0.2) is 8.42 Å². The number of amides is 1. The molecule has 1 saturated carbocycles. The van der Waals surface area contributed by atoms with Crippen LogP contribution in [0.3, 0.4) is 0 Å². The van der Waals surface area contributed by atoms with E-state index >= 15 is 0 Å². The van der Waals surface area contributed by atoms with Crippen LogP contribution in [-0.4, -0.2) is 44.0 Å². The first-order valence-corrected chi connectivity index (χ1v) is 10.1. The number of rotatable bonds is 8. The van der Waals surface area contributed by atoms with Crippen molar-refractivity contribution in [3.8, 4) is 0 Å². The van der Waals surface area contributed by atoms with Gasteiger partial charge >= 0.3 is 0 Å². The van der Waals surface area contributed by atoms with Crippen molar-refractivity contribution in [3.05, 3.63) is 35.9 Å². The molecule has 0 spiro atoms. The zero-order chi connectivity index (χ0) is 16.7. The molecule has 0 aromatic heterocycles. The summed E-state index contributed by atoms with van der Waals surface area (Å²) in [7, 11) is -3.34. The molecule has 23 heavy (non-hydrogen) atoms. The van der Waals surface area contributed by atoms with E-state index in [-0.39, 0.29) is 18.5 Å².